The Hall–Kier alpha value is -1.99. The zero-order chi connectivity index (χ0) is 17.5. The van der Waals surface area contributed by atoms with Crippen LogP contribution in [0.5, 0.6) is 0 Å². The van der Waals surface area contributed by atoms with Gasteiger partial charge in [0.15, 0.2) is 0 Å². The van der Waals surface area contributed by atoms with Gasteiger partial charge in [-0.1, -0.05) is 12.1 Å². The van der Waals surface area contributed by atoms with Crippen LogP contribution >= 0.6 is 0 Å². The molecule has 1 fully saturated rings. The molecule has 0 spiro atoms. The maximum absolute atomic E-state index is 13.6. The molecule has 1 saturated heterocycles. The number of carboxylic acid groups (broad SMARTS) is 1. The molecule has 0 radical (unpaired) electrons. The lowest BCUT2D eigenvalue weighted by molar-refractivity contribution is -0.138. The molecule has 1 aliphatic rings. The van der Waals surface area contributed by atoms with Crippen molar-refractivity contribution < 1.29 is 23.8 Å². The fourth-order valence-corrected chi connectivity index (χ4v) is 2.58. The number of nitrogens with one attached hydrogen (secondary N) is 1. The molecular formula is C17H23FN2O4. The summed E-state index contributed by atoms with van der Waals surface area (Å²) in [6, 6.07) is 5.23. The fourth-order valence-electron chi connectivity index (χ4n) is 2.58. The predicted octanol–water partition coefficient (Wildman–Crippen LogP) is 1.32. The third-order valence-corrected chi connectivity index (χ3v) is 3.96. The van der Waals surface area contributed by atoms with Gasteiger partial charge in [-0.05, 0) is 24.1 Å². The zero-order valence-electron chi connectivity index (χ0n) is 13.8. The highest BCUT2D eigenvalue weighted by Gasteiger charge is 2.21. The summed E-state index contributed by atoms with van der Waals surface area (Å²) in [4.78, 5) is 24.1. The number of carboxylic acids is 1. The highest BCUT2D eigenvalue weighted by molar-refractivity contribution is 5.80. The zero-order valence-corrected chi connectivity index (χ0v) is 13.8. The topological polar surface area (TPSA) is 78.9 Å². The molecular weight excluding hydrogens is 315 g/mol. The van der Waals surface area contributed by atoms with Crippen molar-refractivity contribution in [1.29, 1.82) is 0 Å². The van der Waals surface area contributed by atoms with Crippen molar-refractivity contribution in [3.63, 3.8) is 0 Å². The normalized spacial score (nSPS) is 18.3. The minimum absolute atomic E-state index is 0.0333. The van der Waals surface area contributed by atoms with Crippen molar-refractivity contribution in [3.8, 4) is 0 Å². The van der Waals surface area contributed by atoms with Gasteiger partial charge in [0.1, 0.15) is 5.82 Å². The van der Waals surface area contributed by atoms with E-state index in [4.69, 9.17) is 9.84 Å². The molecule has 24 heavy (non-hydrogen) atoms. The summed E-state index contributed by atoms with van der Waals surface area (Å²) in [5.41, 5.74) is 1.53. The summed E-state index contributed by atoms with van der Waals surface area (Å²) >= 11 is 0. The molecule has 2 N–H and O–H groups in total. The molecule has 1 aromatic rings. The summed E-state index contributed by atoms with van der Waals surface area (Å²) in [6.45, 7) is 4.63. The van der Waals surface area contributed by atoms with E-state index in [9.17, 15) is 14.0 Å². The van der Waals surface area contributed by atoms with Gasteiger partial charge in [-0.2, -0.15) is 0 Å². The van der Waals surface area contributed by atoms with Crippen molar-refractivity contribution in [3.05, 3.63) is 35.1 Å². The number of morpholine rings is 1. The molecule has 132 valence electrons. The molecule has 1 aliphatic heterocycles. The number of rotatable bonds is 7. The number of ether oxygens (including phenoxy) is 1. The van der Waals surface area contributed by atoms with Gasteiger partial charge in [0.2, 0.25) is 5.91 Å². The van der Waals surface area contributed by atoms with Gasteiger partial charge in [0.05, 0.1) is 19.1 Å². The van der Waals surface area contributed by atoms with Gasteiger partial charge >= 0.3 is 5.97 Å². The second-order valence-corrected chi connectivity index (χ2v) is 6.01. The van der Waals surface area contributed by atoms with Crippen molar-refractivity contribution in [2.75, 3.05) is 26.2 Å². The number of benzene rings is 1. The molecule has 0 unspecified atom stereocenters. The van der Waals surface area contributed by atoms with Crippen molar-refractivity contribution >= 4 is 11.9 Å². The number of aliphatic carboxylic acids is 1. The number of nitrogens with zero attached hydrogens (tertiary/aromatic N) is 1. The maximum atomic E-state index is 13.6. The Morgan fingerprint density at radius 2 is 2.21 bits per heavy atom. The van der Waals surface area contributed by atoms with Gasteiger partial charge in [-0.3, -0.25) is 14.5 Å². The number of halogens is 1. The van der Waals surface area contributed by atoms with Crippen LogP contribution < -0.4 is 5.32 Å². The highest BCUT2D eigenvalue weighted by atomic mass is 19.1. The van der Waals surface area contributed by atoms with E-state index in [-0.39, 0.29) is 30.7 Å². The number of carbonyl (C=O) groups is 2. The molecule has 1 amide bonds. The summed E-state index contributed by atoms with van der Waals surface area (Å²) in [6.07, 6.45) is -0.362. The lowest BCUT2D eigenvalue weighted by Crippen LogP contribution is -2.47. The first-order valence-corrected chi connectivity index (χ1v) is 8.01. The number of hydrogen-bond donors (Lipinski definition) is 2. The molecule has 1 heterocycles. The van der Waals surface area contributed by atoms with Crippen LogP contribution in [0.15, 0.2) is 18.2 Å². The van der Waals surface area contributed by atoms with E-state index in [0.717, 1.165) is 12.1 Å². The monoisotopic (exact) mass is 338 g/mol. The Morgan fingerprint density at radius 1 is 1.42 bits per heavy atom. The Kier molecular flexibility index (Phi) is 6.69. The third kappa shape index (κ3) is 5.90. The average Bonchev–Trinajstić information content (AvgIpc) is 2.55. The number of carbonyl (C=O) groups excluding carboxylic acids is 1. The quantitative estimate of drug-likeness (QED) is 0.784. The minimum Gasteiger partial charge on any atom is -0.481 e. The summed E-state index contributed by atoms with van der Waals surface area (Å²) in [5, 5.41) is 11.2. The first-order valence-electron chi connectivity index (χ1n) is 8.01. The standard InChI is InChI=1S/C17H23FN2O4/c1-12-2-3-13(8-15(12)18)10-20-6-7-24-14(11-20)9-19-16(21)4-5-17(22)23/h2-3,8,14H,4-7,9-11H2,1H3,(H,19,21)(H,22,23)/t14-/m0/s1. The van der Waals surface area contributed by atoms with E-state index in [0.29, 0.717) is 31.8 Å². The van der Waals surface area contributed by atoms with Crippen LogP contribution in [-0.2, 0) is 20.9 Å². The van der Waals surface area contributed by atoms with Gasteiger partial charge in [0.25, 0.3) is 0 Å². The van der Waals surface area contributed by atoms with Crippen molar-refractivity contribution in [2.24, 2.45) is 0 Å². The number of hydrogen-bond acceptors (Lipinski definition) is 4. The molecule has 0 aliphatic carbocycles. The van der Waals surface area contributed by atoms with Crippen molar-refractivity contribution in [2.45, 2.75) is 32.4 Å². The van der Waals surface area contributed by atoms with Gasteiger partial charge in [-0.15, -0.1) is 0 Å². The summed E-state index contributed by atoms with van der Waals surface area (Å²) < 4.78 is 19.2. The second kappa shape index (κ2) is 8.75. The molecule has 2 rings (SSSR count). The van der Waals surface area contributed by atoms with Crippen LogP contribution in [0.4, 0.5) is 4.39 Å². The second-order valence-electron chi connectivity index (χ2n) is 6.01. The van der Waals surface area contributed by atoms with Crippen LogP contribution in [0.3, 0.4) is 0 Å². The van der Waals surface area contributed by atoms with E-state index >= 15 is 0 Å². The average molecular weight is 338 g/mol. The Bertz CT molecular complexity index is 594. The highest BCUT2D eigenvalue weighted by Crippen LogP contribution is 2.14. The lowest BCUT2D eigenvalue weighted by Gasteiger charge is -2.33. The van der Waals surface area contributed by atoms with Gasteiger partial charge < -0.3 is 15.2 Å². The van der Waals surface area contributed by atoms with Gasteiger partial charge in [0, 0.05) is 32.6 Å². The van der Waals surface area contributed by atoms with Crippen LogP contribution in [0, 0.1) is 12.7 Å². The van der Waals surface area contributed by atoms with Crippen LogP contribution in [0.1, 0.15) is 24.0 Å². The predicted molar refractivity (Wildman–Crippen MR) is 86.0 cm³/mol. The molecule has 0 aromatic heterocycles. The number of amides is 1. The van der Waals surface area contributed by atoms with E-state index < -0.39 is 5.97 Å². The molecule has 0 bridgehead atoms. The fraction of sp³-hybridized carbons (Fsp3) is 0.529. The Labute approximate surface area is 140 Å². The smallest absolute Gasteiger partial charge is 0.303 e. The van der Waals surface area contributed by atoms with E-state index in [1.807, 2.05) is 6.07 Å². The first-order chi connectivity index (χ1) is 11.4. The molecule has 1 atom stereocenters. The molecule has 0 saturated carbocycles. The largest absolute Gasteiger partial charge is 0.481 e. The van der Waals surface area contributed by atoms with Gasteiger partial charge in [-0.25, -0.2) is 4.39 Å². The Morgan fingerprint density at radius 3 is 2.92 bits per heavy atom. The molecule has 7 heteroatoms. The third-order valence-electron chi connectivity index (χ3n) is 3.96. The lowest BCUT2D eigenvalue weighted by atomic mass is 10.1. The van der Waals surface area contributed by atoms with E-state index in [1.165, 1.54) is 0 Å². The van der Waals surface area contributed by atoms with Crippen LogP contribution in [-0.4, -0.2) is 54.2 Å². The van der Waals surface area contributed by atoms with Crippen molar-refractivity contribution in [1.82, 2.24) is 10.2 Å². The number of aryl methyl sites for hydroxylation is 1. The van der Waals surface area contributed by atoms with Crippen LogP contribution in [0.25, 0.3) is 0 Å². The first kappa shape index (κ1) is 18.4. The van der Waals surface area contributed by atoms with E-state index in [2.05, 4.69) is 10.2 Å². The Balaban J connectivity index is 1.77. The molecule has 1 aromatic carbocycles. The summed E-state index contributed by atoms with van der Waals surface area (Å²) in [7, 11) is 0. The SMILES string of the molecule is Cc1ccc(CN2CCO[C@@H](CNC(=O)CCC(=O)O)C2)cc1F. The minimum atomic E-state index is -0.990. The van der Waals surface area contributed by atoms with E-state index in [1.54, 1.807) is 19.1 Å². The van der Waals surface area contributed by atoms with Crippen LogP contribution in [0.2, 0.25) is 0 Å². The maximum Gasteiger partial charge on any atom is 0.303 e. The molecule has 6 nitrogen and oxygen atoms in total. The summed E-state index contributed by atoms with van der Waals surface area (Å²) in [5.74, 6) is -1.49.